The predicted molar refractivity (Wildman–Crippen MR) is 115 cm³/mol. The number of nitrogens with zero attached hydrogens (tertiary/aromatic N) is 3. The summed E-state index contributed by atoms with van der Waals surface area (Å²) in [4.78, 5) is 4.54. The van der Waals surface area contributed by atoms with Crippen molar-refractivity contribution >= 4 is 22.7 Å². The lowest BCUT2D eigenvalue weighted by Crippen LogP contribution is -2.01. The molecule has 1 aromatic heterocycles. The normalized spacial score (nSPS) is 11.1. The number of aromatic nitrogens is 1. The predicted octanol–water partition coefficient (Wildman–Crippen LogP) is 5.96. The Balaban J connectivity index is 1.54. The number of hydrogen-bond acceptors (Lipinski definition) is 5. The Morgan fingerprint density at radius 1 is 0.931 bits per heavy atom. The SMILES string of the molecule is N#C/C(=N\Nc1cccc(F)c1)c1nc(-c2ccc(-c3ccccc3)cc2)cs1. The summed E-state index contributed by atoms with van der Waals surface area (Å²) in [5.74, 6) is -0.376. The van der Waals surface area contributed by atoms with Crippen molar-refractivity contribution in [3.05, 3.63) is 95.1 Å². The highest BCUT2D eigenvalue weighted by atomic mass is 32.1. The fraction of sp³-hybridized carbons (Fsp3) is 0. The van der Waals surface area contributed by atoms with Crippen LogP contribution in [0.2, 0.25) is 0 Å². The first kappa shape index (κ1) is 18.5. The Labute approximate surface area is 171 Å². The van der Waals surface area contributed by atoms with Crippen LogP contribution in [0.1, 0.15) is 5.01 Å². The number of hydrazone groups is 1. The fourth-order valence-corrected chi connectivity index (χ4v) is 3.54. The van der Waals surface area contributed by atoms with Gasteiger partial charge in [0.2, 0.25) is 0 Å². The molecule has 4 nitrogen and oxygen atoms in total. The van der Waals surface area contributed by atoms with E-state index in [2.05, 4.69) is 39.8 Å². The lowest BCUT2D eigenvalue weighted by Gasteiger charge is -2.03. The molecule has 29 heavy (non-hydrogen) atoms. The molecule has 0 aliphatic rings. The highest BCUT2D eigenvalue weighted by Crippen LogP contribution is 2.26. The molecule has 3 aromatic carbocycles. The van der Waals surface area contributed by atoms with Gasteiger partial charge in [-0.25, -0.2) is 9.37 Å². The molecule has 140 valence electrons. The Morgan fingerprint density at radius 3 is 2.38 bits per heavy atom. The van der Waals surface area contributed by atoms with E-state index in [0.717, 1.165) is 22.4 Å². The van der Waals surface area contributed by atoms with Gasteiger partial charge in [0.1, 0.15) is 11.9 Å². The molecule has 1 N–H and O–H groups in total. The molecule has 0 aliphatic heterocycles. The molecule has 4 aromatic rings. The van der Waals surface area contributed by atoms with Gasteiger partial charge >= 0.3 is 0 Å². The van der Waals surface area contributed by atoms with Gasteiger partial charge in [-0.15, -0.1) is 11.3 Å². The summed E-state index contributed by atoms with van der Waals surface area (Å²) in [6.07, 6.45) is 0. The molecule has 4 rings (SSSR count). The number of hydrogen-bond donors (Lipinski definition) is 1. The maximum Gasteiger partial charge on any atom is 0.196 e. The van der Waals surface area contributed by atoms with E-state index in [4.69, 9.17) is 0 Å². The number of anilines is 1. The Kier molecular flexibility index (Phi) is 5.41. The fourth-order valence-electron chi connectivity index (χ4n) is 2.78. The molecular formula is C23H15FN4S. The summed E-state index contributed by atoms with van der Waals surface area (Å²) in [5, 5.41) is 15.9. The molecule has 0 fully saturated rings. The van der Waals surface area contributed by atoms with Gasteiger partial charge in [0, 0.05) is 10.9 Å². The maximum absolute atomic E-state index is 13.3. The smallest absolute Gasteiger partial charge is 0.196 e. The van der Waals surface area contributed by atoms with Crippen LogP contribution in [0.3, 0.4) is 0 Å². The van der Waals surface area contributed by atoms with Gasteiger partial charge in [-0.05, 0) is 29.3 Å². The van der Waals surface area contributed by atoms with Crippen molar-refractivity contribution < 1.29 is 4.39 Å². The van der Waals surface area contributed by atoms with Crippen LogP contribution in [-0.4, -0.2) is 10.7 Å². The molecule has 0 radical (unpaired) electrons. The zero-order valence-corrected chi connectivity index (χ0v) is 16.0. The standard InChI is InChI=1S/C23H15FN4S/c24-19-7-4-8-20(13-19)27-28-21(14-25)23-26-22(15-29-23)18-11-9-17(10-12-18)16-5-2-1-3-6-16/h1-13,15,27H/b28-21+. The van der Waals surface area contributed by atoms with Gasteiger partial charge in [0.25, 0.3) is 0 Å². The molecule has 0 amide bonds. The van der Waals surface area contributed by atoms with Crippen molar-refractivity contribution in [1.82, 2.24) is 4.98 Å². The minimum absolute atomic E-state index is 0.145. The van der Waals surface area contributed by atoms with Gasteiger partial charge in [0.05, 0.1) is 11.4 Å². The van der Waals surface area contributed by atoms with Crippen LogP contribution in [0, 0.1) is 17.1 Å². The van der Waals surface area contributed by atoms with Crippen LogP contribution < -0.4 is 5.43 Å². The molecule has 0 saturated heterocycles. The monoisotopic (exact) mass is 398 g/mol. The average Bonchev–Trinajstić information content (AvgIpc) is 3.25. The third-order valence-electron chi connectivity index (χ3n) is 4.22. The molecule has 0 spiro atoms. The maximum atomic E-state index is 13.3. The minimum atomic E-state index is -0.376. The number of nitrogens with one attached hydrogen (secondary N) is 1. The van der Waals surface area contributed by atoms with E-state index in [1.54, 1.807) is 12.1 Å². The van der Waals surface area contributed by atoms with E-state index < -0.39 is 0 Å². The van der Waals surface area contributed by atoms with Crippen LogP contribution in [-0.2, 0) is 0 Å². The molecule has 1 heterocycles. The molecule has 0 saturated carbocycles. The van der Waals surface area contributed by atoms with Crippen LogP contribution in [0.15, 0.2) is 89.3 Å². The minimum Gasteiger partial charge on any atom is -0.277 e. The summed E-state index contributed by atoms with van der Waals surface area (Å²) in [6, 6.07) is 26.2. The van der Waals surface area contributed by atoms with Crippen molar-refractivity contribution in [2.75, 3.05) is 5.43 Å². The van der Waals surface area contributed by atoms with Gasteiger partial charge in [-0.3, -0.25) is 5.43 Å². The second-order valence-corrected chi connectivity index (χ2v) is 7.03. The lowest BCUT2D eigenvalue weighted by atomic mass is 10.0. The van der Waals surface area contributed by atoms with E-state index >= 15 is 0 Å². The van der Waals surface area contributed by atoms with Crippen LogP contribution in [0.25, 0.3) is 22.4 Å². The molecule has 0 unspecified atom stereocenters. The van der Waals surface area contributed by atoms with Gasteiger partial charge in [-0.2, -0.15) is 10.4 Å². The second-order valence-electron chi connectivity index (χ2n) is 6.18. The van der Waals surface area contributed by atoms with E-state index in [-0.39, 0.29) is 11.5 Å². The zero-order chi connectivity index (χ0) is 20.1. The third kappa shape index (κ3) is 4.37. The Hall–Kier alpha value is -3.82. The van der Waals surface area contributed by atoms with Gasteiger partial charge in [0.15, 0.2) is 10.7 Å². The molecule has 0 bridgehead atoms. The Bertz CT molecular complexity index is 1190. The van der Waals surface area contributed by atoms with E-state index in [1.807, 2.05) is 41.8 Å². The zero-order valence-electron chi connectivity index (χ0n) is 15.2. The largest absolute Gasteiger partial charge is 0.277 e. The highest BCUT2D eigenvalue weighted by molar-refractivity contribution is 7.12. The molecule has 0 atom stereocenters. The van der Waals surface area contributed by atoms with Crippen molar-refractivity contribution in [1.29, 1.82) is 5.26 Å². The van der Waals surface area contributed by atoms with Gasteiger partial charge in [-0.1, -0.05) is 60.7 Å². The number of rotatable bonds is 5. The van der Waals surface area contributed by atoms with Crippen LogP contribution in [0.4, 0.5) is 10.1 Å². The quantitative estimate of drug-likeness (QED) is 0.333. The summed E-state index contributed by atoms with van der Waals surface area (Å²) >= 11 is 1.34. The Morgan fingerprint density at radius 2 is 1.66 bits per heavy atom. The number of nitriles is 1. The number of benzene rings is 3. The van der Waals surface area contributed by atoms with Crippen LogP contribution >= 0.6 is 11.3 Å². The first-order valence-electron chi connectivity index (χ1n) is 8.84. The lowest BCUT2D eigenvalue weighted by molar-refractivity contribution is 0.628. The molecule has 6 heteroatoms. The summed E-state index contributed by atoms with van der Waals surface area (Å²) in [6.45, 7) is 0. The summed E-state index contributed by atoms with van der Waals surface area (Å²) in [7, 11) is 0. The van der Waals surface area contributed by atoms with Crippen molar-refractivity contribution in [3.8, 4) is 28.5 Å². The summed E-state index contributed by atoms with van der Waals surface area (Å²) in [5.41, 5.74) is 7.33. The molecule has 0 aliphatic carbocycles. The molecular weight excluding hydrogens is 383 g/mol. The first-order chi connectivity index (χ1) is 14.2. The van der Waals surface area contributed by atoms with Crippen LogP contribution in [0.5, 0.6) is 0 Å². The number of thiazole rings is 1. The summed E-state index contributed by atoms with van der Waals surface area (Å²) < 4.78 is 13.3. The van der Waals surface area contributed by atoms with E-state index in [0.29, 0.717) is 10.7 Å². The number of halogens is 1. The topological polar surface area (TPSA) is 61.1 Å². The van der Waals surface area contributed by atoms with Crippen molar-refractivity contribution in [2.45, 2.75) is 0 Å². The highest BCUT2D eigenvalue weighted by Gasteiger charge is 2.11. The van der Waals surface area contributed by atoms with E-state index in [9.17, 15) is 9.65 Å². The third-order valence-corrected chi connectivity index (χ3v) is 5.07. The first-order valence-corrected chi connectivity index (χ1v) is 9.72. The van der Waals surface area contributed by atoms with Gasteiger partial charge < -0.3 is 0 Å². The second kappa shape index (κ2) is 8.46. The van der Waals surface area contributed by atoms with Crippen molar-refractivity contribution in [2.24, 2.45) is 5.10 Å². The van der Waals surface area contributed by atoms with E-state index in [1.165, 1.54) is 23.5 Å². The van der Waals surface area contributed by atoms with Crippen molar-refractivity contribution in [3.63, 3.8) is 0 Å². The average molecular weight is 398 g/mol.